The van der Waals surface area contributed by atoms with Crippen LogP contribution in [0.5, 0.6) is 0 Å². The third kappa shape index (κ3) is 1.52. The minimum Gasteiger partial charge on any atom is -0.267 e. The van der Waals surface area contributed by atoms with E-state index in [4.69, 9.17) is 0 Å². The van der Waals surface area contributed by atoms with Crippen molar-refractivity contribution in [2.24, 2.45) is 0 Å². The van der Waals surface area contributed by atoms with E-state index in [1.807, 2.05) is 19.1 Å². The average Bonchev–Trinajstić information content (AvgIpc) is 2.28. The summed E-state index contributed by atoms with van der Waals surface area (Å²) in [6.45, 7) is 4.14. The Balaban J connectivity index is 2.91. The van der Waals surface area contributed by atoms with Crippen LogP contribution in [0.2, 0.25) is 0 Å². The third-order valence-corrected chi connectivity index (χ3v) is 2.66. The number of benzene rings is 1. The average molecular weight is 203 g/mol. The lowest BCUT2D eigenvalue weighted by molar-refractivity contribution is 0.868. The fourth-order valence-corrected chi connectivity index (χ4v) is 1.93. The zero-order chi connectivity index (χ0) is 10.8. The maximum atomic E-state index is 11.7. The summed E-state index contributed by atoms with van der Waals surface area (Å²) in [6.07, 6.45) is 1.77. The number of hydrogen-bond donors (Lipinski definition) is 1. The lowest BCUT2D eigenvalue weighted by atomic mass is 9.99. The molecule has 0 unspecified atom stereocenters. The van der Waals surface area contributed by atoms with Gasteiger partial charge in [0.25, 0.3) is 5.56 Å². The van der Waals surface area contributed by atoms with Gasteiger partial charge in [0.05, 0.1) is 5.39 Å². The van der Waals surface area contributed by atoms with E-state index in [9.17, 15) is 4.79 Å². The lowest BCUT2D eigenvalue weighted by Gasteiger charge is -2.07. The number of aromatic amines is 1. The van der Waals surface area contributed by atoms with Gasteiger partial charge in [-0.3, -0.25) is 4.79 Å². The molecule has 1 N–H and O–H groups in total. The normalized spacial score (nSPS) is 10.8. The molecule has 0 spiro atoms. The van der Waals surface area contributed by atoms with Crippen molar-refractivity contribution in [2.45, 2.75) is 26.7 Å². The highest BCUT2D eigenvalue weighted by Crippen LogP contribution is 2.18. The Morgan fingerprint density at radius 3 is 2.73 bits per heavy atom. The molecule has 0 aliphatic carbocycles. The first-order valence-corrected chi connectivity index (χ1v) is 5.13. The molecule has 0 saturated carbocycles. The SMILES string of the molecule is CCc1ccc2nn[nH]c(=O)c2c1CC. The molecule has 4 nitrogen and oxygen atoms in total. The highest BCUT2D eigenvalue weighted by molar-refractivity contribution is 5.81. The van der Waals surface area contributed by atoms with E-state index in [1.165, 1.54) is 5.56 Å². The van der Waals surface area contributed by atoms with Gasteiger partial charge < -0.3 is 0 Å². The first-order chi connectivity index (χ1) is 7.27. The number of nitrogens with one attached hydrogen (secondary N) is 1. The van der Waals surface area contributed by atoms with E-state index in [0.717, 1.165) is 18.4 Å². The molecule has 0 radical (unpaired) electrons. The van der Waals surface area contributed by atoms with Crippen LogP contribution in [0.15, 0.2) is 16.9 Å². The molecule has 15 heavy (non-hydrogen) atoms. The number of rotatable bonds is 2. The standard InChI is InChI=1S/C11H13N3O/c1-3-7-5-6-9-10(8(7)4-2)11(15)13-14-12-9/h5-6H,3-4H2,1-2H3,(H,12,13,15). The molecule has 0 aliphatic rings. The van der Waals surface area contributed by atoms with Crippen molar-refractivity contribution in [3.8, 4) is 0 Å². The molecule has 4 heteroatoms. The van der Waals surface area contributed by atoms with E-state index in [2.05, 4.69) is 22.3 Å². The Bertz CT molecular complexity index is 545. The molecule has 1 heterocycles. The molecule has 0 fully saturated rings. The molecule has 0 atom stereocenters. The van der Waals surface area contributed by atoms with Gasteiger partial charge in [0.15, 0.2) is 0 Å². The Kier molecular flexibility index (Phi) is 2.49. The Labute approximate surface area is 87.3 Å². The largest absolute Gasteiger partial charge is 0.275 e. The summed E-state index contributed by atoms with van der Waals surface area (Å²) in [4.78, 5) is 11.7. The van der Waals surface area contributed by atoms with Crippen molar-refractivity contribution in [1.29, 1.82) is 0 Å². The first-order valence-electron chi connectivity index (χ1n) is 5.13. The number of hydrogen-bond acceptors (Lipinski definition) is 3. The summed E-state index contributed by atoms with van der Waals surface area (Å²) in [5.74, 6) is 0. The Morgan fingerprint density at radius 2 is 2.07 bits per heavy atom. The highest BCUT2D eigenvalue weighted by Gasteiger charge is 2.08. The zero-order valence-electron chi connectivity index (χ0n) is 8.87. The summed E-state index contributed by atoms with van der Waals surface area (Å²) in [7, 11) is 0. The second-order valence-electron chi connectivity index (χ2n) is 3.45. The molecule has 78 valence electrons. The maximum absolute atomic E-state index is 11.7. The van der Waals surface area contributed by atoms with Crippen molar-refractivity contribution >= 4 is 10.9 Å². The molecule has 0 bridgehead atoms. The van der Waals surface area contributed by atoms with Crippen molar-refractivity contribution < 1.29 is 0 Å². The van der Waals surface area contributed by atoms with Crippen molar-refractivity contribution in [1.82, 2.24) is 15.4 Å². The van der Waals surface area contributed by atoms with Gasteiger partial charge in [-0.25, -0.2) is 5.10 Å². The van der Waals surface area contributed by atoms with Gasteiger partial charge in [0, 0.05) is 0 Å². The smallest absolute Gasteiger partial charge is 0.267 e. The van der Waals surface area contributed by atoms with E-state index in [0.29, 0.717) is 10.9 Å². The van der Waals surface area contributed by atoms with Crippen molar-refractivity contribution in [3.63, 3.8) is 0 Å². The Hall–Kier alpha value is -1.71. The van der Waals surface area contributed by atoms with Gasteiger partial charge in [0.1, 0.15) is 5.52 Å². The zero-order valence-corrected chi connectivity index (χ0v) is 8.87. The van der Waals surface area contributed by atoms with Gasteiger partial charge in [-0.15, -0.1) is 5.10 Å². The minimum absolute atomic E-state index is 0.146. The third-order valence-electron chi connectivity index (χ3n) is 2.66. The van der Waals surface area contributed by atoms with Crippen LogP contribution in [-0.2, 0) is 12.8 Å². The molecule has 2 rings (SSSR count). The molecule has 0 saturated heterocycles. The number of H-pyrrole nitrogens is 1. The van der Waals surface area contributed by atoms with Crippen LogP contribution in [0.4, 0.5) is 0 Å². The molecule has 2 aromatic rings. The highest BCUT2D eigenvalue weighted by atomic mass is 16.1. The van der Waals surface area contributed by atoms with Gasteiger partial charge in [-0.2, -0.15) is 0 Å². The Morgan fingerprint density at radius 1 is 1.27 bits per heavy atom. The molecular weight excluding hydrogens is 190 g/mol. The van der Waals surface area contributed by atoms with E-state index in [1.54, 1.807) is 0 Å². The second kappa shape index (κ2) is 3.81. The van der Waals surface area contributed by atoms with Crippen LogP contribution >= 0.6 is 0 Å². The van der Waals surface area contributed by atoms with Crippen LogP contribution in [0, 0.1) is 0 Å². The number of aromatic nitrogens is 3. The summed E-state index contributed by atoms with van der Waals surface area (Å²) in [5, 5.41) is 10.5. The molecule has 1 aromatic carbocycles. The molecule has 0 amide bonds. The minimum atomic E-state index is -0.146. The summed E-state index contributed by atoms with van der Waals surface area (Å²) in [5.41, 5.74) is 2.83. The summed E-state index contributed by atoms with van der Waals surface area (Å²) >= 11 is 0. The number of nitrogens with zero attached hydrogens (tertiary/aromatic N) is 2. The van der Waals surface area contributed by atoms with Crippen molar-refractivity contribution in [2.75, 3.05) is 0 Å². The van der Waals surface area contributed by atoms with E-state index < -0.39 is 0 Å². The summed E-state index contributed by atoms with van der Waals surface area (Å²) < 4.78 is 0. The fraction of sp³-hybridized carbons (Fsp3) is 0.364. The van der Waals surface area contributed by atoms with Crippen LogP contribution in [-0.4, -0.2) is 15.4 Å². The van der Waals surface area contributed by atoms with E-state index >= 15 is 0 Å². The van der Waals surface area contributed by atoms with Crippen LogP contribution in [0.25, 0.3) is 10.9 Å². The molecule has 0 aliphatic heterocycles. The van der Waals surface area contributed by atoms with Gasteiger partial charge in [-0.1, -0.05) is 25.1 Å². The van der Waals surface area contributed by atoms with Crippen molar-refractivity contribution in [3.05, 3.63) is 33.6 Å². The monoisotopic (exact) mass is 203 g/mol. The topological polar surface area (TPSA) is 58.6 Å². The maximum Gasteiger partial charge on any atom is 0.275 e. The predicted octanol–water partition coefficient (Wildman–Crippen LogP) is 1.44. The lowest BCUT2D eigenvalue weighted by Crippen LogP contribution is -2.12. The fourth-order valence-electron chi connectivity index (χ4n) is 1.93. The molecule has 1 aromatic heterocycles. The van der Waals surface area contributed by atoms with Gasteiger partial charge >= 0.3 is 0 Å². The first kappa shape index (κ1) is 9.83. The number of aryl methyl sites for hydroxylation is 2. The second-order valence-corrected chi connectivity index (χ2v) is 3.45. The van der Waals surface area contributed by atoms with Gasteiger partial charge in [0.2, 0.25) is 0 Å². The number of fused-ring (bicyclic) bond motifs is 1. The molecular formula is C11H13N3O. The van der Waals surface area contributed by atoms with Crippen LogP contribution in [0.1, 0.15) is 25.0 Å². The summed E-state index contributed by atoms with van der Waals surface area (Å²) in [6, 6.07) is 3.88. The van der Waals surface area contributed by atoms with Crippen LogP contribution < -0.4 is 5.56 Å². The predicted molar refractivity (Wildman–Crippen MR) is 58.9 cm³/mol. The van der Waals surface area contributed by atoms with Gasteiger partial charge in [-0.05, 0) is 30.0 Å². The quantitative estimate of drug-likeness (QED) is 0.803. The van der Waals surface area contributed by atoms with Crippen LogP contribution in [0.3, 0.4) is 0 Å². The van der Waals surface area contributed by atoms with E-state index in [-0.39, 0.29) is 5.56 Å².